The van der Waals surface area contributed by atoms with Gasteiger partial charge in [0.05, 0.1) is 0 Å². The molecule has 0 bridgehead atoms. The molecule has 0 atom stereocenters. The first-order valence-corrected chi connectivity index (χ1v) is 6.91. The molecule has 0 unspecified atom stereocenters. The Kier molecular flexibility index (Phi) is 4.78. The normalized spacial score (nSPS) is 14.0. The summed E-state index contributed by atoms with van der Waals surface area (Å²) < 4.78 is 0. The monoisotopic (exact) mass is 263 g/mol. The summed E-state index contributed by atoms with van der Waals surface area (Å²) in [6.07, 6.45) is 10.2. The zero-order valence-electron chi connectivity index (χ0n) is 11.9. The third kappa shape index (κ3) is 3.39. The molecule has 102 valence electrons. The summed E-state index contributed by atoms with van der Waals surface area (Å²) in [6, 6.07) is 8.36. The van der Waals surface area contributed by atoms with Gasteiger partial charge in [-0.25, -0.2) is 0 Å². The van der Waals surface area contributed by atoms with Crippen LogP contribution in [-0.2, 0) is 6.54 Å². The van der Waals surface area contributed by atoms with Gasteiger partial charge in [-0.2, -0.15) is 0 Å². The van der Waals surface area contributed by atoms with Crippen molar-refractivity contribution in [3.8, 4) is 0 Å². The largest absolute Gasteiger partial charge is 0.381 e. The maximum Gasteiger partial charge on any atom is 0.0400 e. The Morgan fingerprint density at radius 1 is 1.15 bits per heavy atom. The van der Waals surface area contributed by atoms with Crippen LogP contribution < -0.4 is 5.32 Å². The molecule has 20 heavy (non-hydrogen) atoms. The quantitative estimate of drug-likeness (QED) is 0.780. The molecule has 0 spiro atoms. The maximum atomic E-state index is 4.14. The van der Waals surface area contributed by atoms with Gasteiger partial charge in [0, 0.05) is 12.2 Å². The fourth-order valence-corrected chi connectivity index (χ4v) is 2.26. The molecule has 1 aliphatic carbocycles. The minimum Gasteiger partial charge on any atom is -0.381 e. The standard InChI is InChI=1S/C19H21N/c1-4-16-10-12-17(13-11-16)14-20-15(3)19-9-7-6-8-18(19)5-2/h4-5,7,9-13,20H,1-3,6,8,14H2. The molecule has 1 nitrogen and oxygen atoms in total. The smallest absolute Gasteiger partial charge is 0.0400 e. The van der Waals surface area contributed by atoms with Crippen LogP contribution in [0.5, 0.6) is 0 Å². The summed E-state index contributed by atoms with van der Waals surface area (Å²) in [5.41, 5.74) is 5.78. The summed E-state index contributed by atoms with van der Waals surface area (Å²) in [5.74, 6) is 0. The van der Waals surface area contributed by atoms with Crippen molar-refractivity contribution in [1.29, 1.82) is 0 Å². The lowest BCUT2D eigenvalue weighted by Crippen LogP contribution is -2.14. The van der Waals surface area contributed by atoms with E-state index in [1.54, 1.807) is 0 Å². The highest BCUT2D eigenvalue weighted by atomic mass is 14.9. The first-order valence-electron chi connectivity index (χ1n) is 6.91. The van der Waals surface area contributed by atoms with Crippen LogP contribution in [0.3, 0.4) is 0 Å². The molecule has 1 aliphatic rings. The Labute approximate surface area is 121 Å². The second-order valence-electron chi connectivity index (χ2n) is 4.86. The van der Waals surface area contributed by atoms with Crippen molar-refractivity contribution in [1.82, 2.24) is 5.32 Å². The lowest BCUT2D eigenvalue weighted by Gasteiger charge is -2.17. The summed E-state index contributed by atoms with van der Waals surface area (Å²) in [7, 11) is 0. The molecule has 1 aromatic carbocycles. The van der Waals surface area contributed by atoms with Gasteiger partial charge in [-0.3, -0.25) is 0 Å². The number of nitrogens with one attached hydrogen (secondary N) is 1. The van der Waals surface area contributed by atoms with Crippen LogP contribution in [-0.4, -0.2) is 0 Å². The van der Waals surface area contributed by atoms with Crippen molar-refractivity contribution < 1.29 is 0 Å². The minimum absolute atomic E-state index is 0.776. The van der Waals surface area contributed by atoms with Crippen molar-refractivity contribution >= 4 is 6.08 Å². The van der Waals surface area contributed by atoms with E-state index < -0.39 is 0 Å². The van der Waals surface area contributed by atoms with Crippen LogP contribution in [0.25, 0.3) is 6.08 Å². The van der Waals surface area contributed by atoms with E-state index in [-0.39, 0.29) is 0 Å². The number of benzene rings is 1. The van der Waals surface area contributed by atoms with Crippen molar-refractivity contribution in [3.63, 3.8) is 0 Å². The molecule has 1 heteroatoms. The van der Waals surface area contributed by atoms with Gasteiger partial charge in [0.25, 0.3) is 0 Å². The molecule has 0 aromatic heterocycles. The Balaban J connectivity index is 2.01. The highest BCUT2D eigenvalue weighted by Crippen LogP contribution is 2.23. The van der Waals surface area contributed by atoms with Gasteiger partial charge in [0.2, 0.25) is 0 Å². The number of allylic oxidation sites excluding steroid dienone is 4. The molecule has 0 saturated carbocycles. The van der Waals surface area contributed by atoms with Crippen LogP contribution >= 0.6 is 0 Å². The van der Waals surface area contributed by atoms with E-state index in [9.17, 15) is 0 Å². The summed E-state index contributed by atoms with van der Waals surface area (Å²) in [6.45, 7) is 12.6. The van der Waals surface area contributed by atoms with Gasteiger partial charge in [0.15, 0.2) is 0 Å². The summed E-state index contributed by atoms with van der Waals surface area (Å²) in [4.78, 5) is 0. The van der Waals surface area contributed by atoms with Gasteiger partial charge in [-0.1, -0.05) is 68.3 Å². The first kappa shape index (κ1) is 14.1. The fourth-order valence-electron chi connectivity index (χ4n) is 2.26. The van der Waals surface area contributed by atoms with E-state index in [1.807, 2.05) is 12.2 Å². The van der Waals surface area contributed by atoms with Crippen molar-refractivity contribution in [3.05, 3.63) is 90.2 Å². The maximum absolute atomic E-state index is 4.14. The van der Waals surface area contributed by atoms with E-state index in [0.717, 1.165) is 30.6 Å². The second kappa shape index (κ2) is 6.76. The molecule has 0 radical (unpaired) electrons. The van der Waals surface area contributed by atoms with Gasteiger partial charge in [0.1, 0.15) is 0 Å². The number of hydrogen-bond donors (Lipinski definition) is 1. The Morgan fingerprint density at radius 2 is 1.90 bits per heavy atom. The number of rotatable bonds is 6. The molecule has 0 saturated heterocycles. The van der Waals surface area contributed by atoms with Crippen LogP contribution in [0.2, 0.25) is 0 Å². The van der Waals surface area contributed by atoms with Crippen molar-refractivity contribution in [2.75, 3.05) is 0 Å². The zero-order valence-corrected chi connectivity index (χ0v) is 11.9. The minimum atomic E-state index is 0.776. The number of hydrogen-bond acceptors (Lipinski definition) is 1. The average molecular weight is 263 g/mol. The molecular weight excluding hydrogens is 242 g/mol. The summed E-state index contributed by atoms with van der Waals surface area (Å²) in [5, 5.41) is 3.39. The lowest BCUT2D eigenvalue weighted by atomic mass is 9.95. The van der Waals surface area contributed by atoms with Crippen LogP contribution in [0.4, 0.5) is 0 Å². The SMILES string of the molecule is C=CC1=C(C(=C)NCc2ccc(C=C)cc2)C=CCC1. The van der Waals surface area contributed by atoms with E-state index in [1.165, 1.54) is 16.7 Å². The van der Waals surface area contributed by atoms with Gasteiger partial charge in [-0.15, -0.1) is 0 Å². The van der Waals surface area contributed by atoms with E-state index in [4.69, 9.17) is 0 Å². The highest BCUT2D eigenvalue weighted by molar-refractivity contribution is 5.48. The third-order valence-electron chi connectivity index (χ3n) is 3.50. The van der Waals surface area contributed by atoms with Crippen molar-refractivity contribution in [2.45, 2.75) is 19.4 Å². The predicted molar refractivity (Wildman–Crippen MR) is 88.1 cm³/mol. The average Bonchev–Trinajstić information content (AvgIpc) is 2.53. The molecule has 0 fully saturated rings. The Morgan fingerprint density at radius 3 is 2.55 bits per heavy atom. The van der Waals surface area contributed by atoms with Crippen molar-refractivity contribution in [2.24, 2.45) is 0 Å². The summed E-state index contributed by atoms with van der Waals surface area (Å²) >= 11 is 0. The Hall–Kier alpha value is -2.28. The van der Waals surface area contributed by atoms with E-state index in [2.05, 4.69) is 61.5 Å². The fraction of sp³-hybridized carbons (Fsp3) is 0.158. The topological polar surface area (TPSA) is 12.0 Å². The second-order valence-corrected chi connectivity index (χ2v) is 4.86. The Bertz CT molecular complexity index is 570. The molecular formula is C19H21N. The van der Waals surface area contributed by atoms with Crippen LogP contribution in [0.15, 0.2) is 79.1 Å². The predicted octanol–water partition coefficient (Wildman–Crippen LogP) is 4.77. The lowest BCUT2D eigenvalue weighted by molar-refractivity contribution is 0.818. The highest BCUT2D eigenvalue weighted by Gasteiger charge is 2.08. The molecule has 0 heterocycles. The van der Waals surface area contributed by atoms with Gasteiger partial charge >= 0.3 is 0 Å². The van der Waals surface area contributed by atoms with Crippen LogP contribution in [0.1, 0.15) is 24.0 Å². The van der Waals surface area contributed by atoms with E-state index >= 15 is 0 Å². The van der Waals surface area contributed by atoms with Gasteiger partial charge in [-0.05, 0) is 35.1 Å². The molecule has 0 amide bonds. The van der Waals surface area contributed by atoms with E-state index in [0.29, 0.717) is 0 Å². The molecule has 1 aromatic rings. The molecule has 2 rings (SSSR count). The zero-order chi connectivity index (χ0) is 14.4. The van der Waals surface area contributed by atoms with Gasteiger partial charge < -0.3 is 5.32 Å². The first-order chi connectivity index (χ1) is 9.74. The van der Waals surface area contributed by atoms with Crippen LogP contribution in [0, 0.1) is 0 Å². The third-order valence-corrected chi connectivity index (χ3v) is 3.50. The molecule has 0 aliphatic heterocycles. The molecule has 1 N–H and O–H groups in total.